The van der Waals surface area contributed by atoms with Gasteiger partial charge in [0, 0.05) is 28.9 Å². The molecule has 0 aliphatic heterocycles. The molecule has 2 heterocycles. The average molecular weight is 370 g/mol. The number of para-hydroxylation sites is 1. The number of nitrogens with zero attached hydrogens (tertiary/aromatic N) is 3. The van der Waals surface area contributed by atoms with Crippen LogP contribution in [-0.4, -0.2) is 22.1 Å². The molecule has 0 aliphatic carbocycles. The van der Waals surface area contributed by atoms with Crippen LogP contribution >= 0.6 is 0 Å². The van der Waals surface area contributed by atoms with Gasteiger partial charge in [-0.1, -0.05) is 29.8 Å². The maximum absolute atomic E-state index is 5.56. The van der Waals surface area contributed by atoms with Gasteiger partial charge < -0.3 is 10.1 Å². The summed E-state index contributed by atoms with van der Waals surface area (Å²) >= 11 is 0. The predicted molar refractivity (Wildman–Crippen MR) is 113 cm³/mol. The van der Waals surface area contributed by atoms with Crippen LogP contribution in [0.2, 0.25) is 0 Å². The normalized spacial score (nSPS) is 12.0. The van der Waals surface area contributed by atoms with Gasteiger partial charge in [-0.05, 0) is 44.2 Å². The van der Waals surface area contributed by atoms with Gasteiger partial charge in [0.25, 0.3) is 0 Å². The Balaban J connectivity index is 1.79. The number of nitrogens with one attached hydrogen (secondary N) is 1. The minimum absolute atomic E-state index is 0.00917. The molecule has 0 fully saturated rings. The van der Waals surface area contributed by atoms with Crippen LogP contribution in [0.15, 0.2) is 67.0 Å². The van der Waals surface area contributed by atoms with Crippen molar-refractivity contribution in [2.75, 3.05) is 12.4 Å². The first kappa shape index (κ1) is 17.9. The summed E-state index contributed by atoms with van der Waals surface area (Å²) in [5.74, 6) is 2.30. The van der Waals surface area contributed by atoms with E-state index in [1.165, 1.54) is 5.56 Å². The van der Waals surface area contributed by atoms with Gasteiger partial charge in [-0.25, -0.2) is 9.97 Å². The van der Waals surface area contributed by atoms with E-state index in [0.717, 1.165) is 33.6 Å². The van der Waals surface area contributed by atoms with Crippen LogP contribution in [0.1, 0.15) is 24.1 Å². The molecule has 0 radical (unpaired) electrons. The van der Waals surface area contributed by atoms with Gasteiger partial charge in [-0.15, -0.1) is 0 Å². The number of methoxy groups -OCH3 is 1. The van der Waals surface area contributed by atoms with Gasteiger partial charge in [-0.2, -0.15) is 0 Å². The number of pyridine rings is 1. The van der Waals surface area contributed by atoms with E-state index in [0.29, 0.717) is 5.82 Å². The first-order valence-electron chi connectivity index (χ1n) is 9.24. The van der Waals surface area contributed by atoms with E-state index in [4.69, 9.17) is 14.7 Å². The molecule has 28 heavy (non-hydrogen) atoms. The lowest BCUT2D eigenvalue weighted by Gasteiger charge is -2.20. The summed E-state index contributed by atoms with van der Waals surface area (Å²) in [6.45, 7) is 4.19. The standard InChI is InChI=1S/C23H22N4O/c1-15-10-11-21(28-3)19(13-15)16(2)25-23-18-8-4-5-9-20(18)26-22(27-23)17-7-6-12-24-14-17/h4-14,16H,1-3H3,(H,25,26,27)/t16-/m0/s1. The Morgan fingerprint density at radius 1 is 1.00 bits per heavy atom. The lowest BCUT2D eigenvalue weighted by Crippen LogP contribution is -2.11. The highest BCUT2D eigenvalue weighted by Crippen LogP contribution is 2.31. The van der Waals surface area contributed by atoms with Crippen molar-refractivity contribution in [3.05, 3.63) is 78.1 Å². The van der Waals surface area contributed by atoms with Gasteiger partial charge in [0.05, 0.1) is 18.7 Å². The molecule has 1 atom stereocenters. The fraction of sp³-hybridized carbons (Fsp3) is 0.174. The molecular weight excluding hydrogens is 348 g/mol. The van der Waals surface area contributed by atoms with E-state index in [9.17, 15) is 0 Å². The van der Waals surface area contributed by atoms with Crippen molar-refractivity contribution >= 4 is 16.7 Å². The quantitative estimate of drug-likeness (QED) is 0.524. The number of hydrogen-bond donors (Lipinski definition) is 1. The molecule has 5 nitrogen and oxygen atoms in total. The van der Waals surface area contributed by atoms with E-state index >= 15 is 0 Å². The van der Waals surface area contributed by atoms with Gasteiger partial charge in [0.2, 0.25) is 0 Å². The Bertz CT molecular complexity index is 1110. The number of rotatable bonds is 5. The zero-order chi connectivity index (χ0) is 19.5. The number of aryl methyl sites for hydroxylation is 1. The number of benzene rings is 2. The molecule has 0 amide bonds. The second-order valence-electron chi connectivity index (χ2n) is 6.77. The first-order chi connectivity index (χ1) is 13.7. The maximum Gasteiger partial charge on any atom is 0.163 e. The molecule has 5 heteroatoms. The van der Waals surface area contributed by atoms with E-state index in [1.54, 1.807) is 19.5 Å². The third-order valence-corrected chi connectivity index (χ3v) is 4.73. The van der Waals surface area contributed by atoms with Crippen LogP contribution in [-0.2, 0) is 0 Å². The van der Waals surface area contributed by atoms with Gasteiger partial charge in [0.1, 0.15) is 11.6 Å². The van der Waals surface area contributed by atoms with Crippen LogP contribution in [0, 0.1) is 6.92 Å². The molecule has 0 unspecified atom stereocenters. The van der Waals surface area contributed by atoms with Crippen molar-refractivity contribution in [1.29, 1.82) is 0 Å². The number of ether oxygens (including phenoxy) is 1. The van der Waals surface area contributed by atoms with Gasteiger partial charge >= 0.3 is 0 Å². The zero-order valence-electron chi connectivity index (χ0n) is 16.2. The van der Waals surface area contributed by atoms with Crippen molar-refractivity contribution in [3.63, 3.8) is 0 Å². The number of anilines is 1. The number of aromatic nitrogens is 3. The lowest BCUT2D eigenvalue weighted by atomic mass is 10.0. The summed E-state index contributed by atoms with van der Waals surface area (Å²) in [4.78, 5) is 13.7. The second-order valence-corrected chi connectivity index (χ2v) is 6.77. The second kappa shape index (κ2) is 7.64. The topological polar surface area (TPSA) is 59.9 Å². The SMILES string of the molecule is COc1ccc(C)cc1[C@H](C)Nc1nc(-c2cccnc2)nc2ccccc12. The van der Waals surface area contributed by atoms with Crippen LogP contribution in [0.4, 0.5) is 5.82 Å². The van der Waals surface area contributed by atoms with E-state index in [-0.39, 0.29) is 6.04 Å². The monoisotopic (exact) mass is 370 g/mol. The summed E-state index contributed by atoms with van der Waals surface area (Å²) in [6.07, 6.45) is 3.52. The molecule has 0 saturated carbocycles. The summed E-state index contributed by atoms with van der Waals surface area (Å²) in [5, 5.41) is 4.54. The number of fused-ring (bicyclic) bond motifs is 1. The Kier molecular flexibility index (Phi) is 4.89. The average Bonchev–Trinajstić information content (AvgIpc) is 2.74. The molecule has 4 rings (SSSR count). The minimum Gasteiger partial charge on any atom is -0.496 e. The molecule has 140 valence electrons. The van der Waals surface area contributed by atoms with Crippen LogP contribution in [0.3, 0.4) is 0 Å². The molecular formula is C23H22N4O. The van der Waals surface area contributed by atoms with Crippen molar-refractivity contribution in [2.45, 2.75) is 19.9 Å². The van der Waals surface area contributed by atoms with Crippen molar-refractivity contribution in [1.82, 2.24) is 15.0 Å². The van der Waals surface area contributed by atoms with E-state index in [2.05, 4.69) is 36.3 Å². The van der Waals surface area contributed by atoms with Crippen molar-refractivity contribution in [3.8, 4) is 17.1 Å². The smallest absolute Gasteiger partial charge is 0.163 e. The fourth-order valence-electron chi connectivity index (χ4n) is 3.29. The van der Waals surface area contributed by atoms with E-state index in [1.807, 2.05) is 42.5 Å². The molecule has 2 aromatic heterocycles. The Labute approximate surface area is 164 Å². The highest BCUT2D eigenvalue weighted by Gasteiger charge is 2.15. The highest BCUT2D eigenvalue weighted by atomic mass is 16.5. The largest absolute Gasteiger partial charge is 0.496 e. The summed E-state index contributed by atoms with van der Waals surface area (Å²) in [6, 6.07) is 18.1. The third kappa shape index (κ3) is 3.51. The van der Waals surface area contributed by atoms with Gasteiger partial charge in [0.15, 0.2) is 5.82 Å². The number of hydrogen-bond acceptors (Lipinski definition) is 5. The van der Waals surface area contributed by atoms with Gasteiger partial charge in [-0.3, -0.25) is 4.98 Å². The molecule has 4 aromatic rings. The van der Waals surface area contributed by atoms with Crippen LogP contribution in [0.25, 0.3) is 22.3 Å². The first-order valence-corrected chi connectivity index (χ1v) is 9.24. The Hall–Kier alpha value is -3.47. The molecule has 0 aliphatic rings. The summed E-state index contributed by atoms with van der Waals surface area (Å²) < 4.78 is 5.56. The fourth-order valence-corrected chi connectivity index (χ4v) is 3.29. The molecule has 2 aromatic carbocycles. The van der Waals surface area contributed by atoms with E-state index < -0.39 is 0 Å². The Morgan fingerprint density at radius 3 is 2.64 bits per heavy atom. The third-order valence-electron chi connectivity index (χ3n) is 4.73. The minimum atomic E-state index is 0.00917. The molecule has 0 spiro atoms. The summed E-state index contributed by atoms with van der Waals surface area (Å²) in [5.41, 5.74) is 4.06. The molecule has 1 N–H and O–H groups in total. The van der Waals surface area contributed by atoms with Crippen LogP contribution in [0.5, 0.6) is 5.75 Å². The lowest BCUT2D eigenvalue weighted by molar-refractivity contribution is 0.408. The maximum atomic E-state index is 5.56. The summed E-state index contributed by atoms with van der Waals surface area (Å²) in [7, 11) is 1.70. The zero-order valence-corrected chi connectivity index (χ0v) is 16.2. The Morgan fingerprint density at radius 2 is 1.86 bits per heavy atom. The highest BCUT2D eigenvalue weighted by molar-refractivity contribution is 5.90. The molecule has 0 bridgehead atoms. The van der Waals surface area contributed by atoms with Crippen molar-refractivity contribution < 1.29 is 4.74 Å². The molecule has 0 saturated heterocycles. The predicted octanol–water partition coefficient (Wildman–Crippen LogP) is 5.18. The van der Waals surface area contributed by atoms with Crippen LogP contribution < -0.4 is 10.1 Å². The van der Waals surface area contributed by atoms with Crippen molar-refractivity contribution in [2.24, 2.45) is 0 Å².